The van der Waals surface area contributed by atoms with Crippen molar-refractivity contribution in [3.8, 4) is 0 Å². The van der Waals surface area contributed by atoms with Crippen molar-refractivity contribution >= 4 is 22.5 Å². The monoisotopic (exact) mass is 214 g/mol. The zero-order valence-corrected chi connectivity index (χ0v) is 8.47. The topological polar surface area (TPSA) is 74.4 Å². The first-order valence-corrected chi connectivity index (χ1v) is 4.96. The SMILES string of the molecule is Cc1nsc(N)c1C(=O)OC1COC1. The first kappa shape index (κ1) is 9.42. The zero-order chi connectivity index (χ0) is 10.1. The fourth-order valence-corrected chi connectivity index (χ4v) is 1.78. The Balaban J connectivity index is 2.09. The molecular formula is C8H10N2O3S. The van der Waals surface area contributed by atoms with E-state index >= 15 is 0 Å². The number of anilines is 1. The van der Waals surface area contributed by atoms with E-state index in [0.29, 0.717) is 29.5 Å². The van der Waals surface area contributed by atoms with Gasteiger partial charge in [0.25, 0.3) is 0 Å². The summed E-state index contributed by atoms with van der Waals surface area (Å²) >= 11 is 1.11. The van der Waals surface area contributed by atoms with Crippen LogP contribution >= 0.6 is 11.5 Å². The Hall–Kier alpha value is -1.14. The van der Waals surface area contributed by atoms with Crippen LogP contribution in [0.1, 0.15) is 16.1 Å². The molecule has 0 atom stereocenters. The van der Waals surface area contributed by atoms with Gasteiger partial charge in [-0.05, 0) is 18.5 Å². The Labute approximate surface area is 85.0 Å². The lowest BCUT2D eigenvalue weighted by Gasteiger charge is -2.25. The largest absolute Gasteiger partial charge is 0.454 e. The standard InChI is InChI=1S/C8H10N2O3S/c1-4-6(7(9)14-10-4)8(11)13-5-2-12-3-5/h5H,2-3,9H2,1H3. The second-order valence-electron chi connectivity index (χ2n) is 3.07. The molecular weight excluding hydrogens is 204 g/mol. The second-order valence-corrected chi connectivity index (χ2v) is 3.88. The van der Waals surface area contributed by atoms with Crippen molar-refractivity contribution in [2.45, 2.75) is 13.0 Å². The van der Waals surface area contributed by atoms with E-state index in [-0.39, 0.29) is 6.10 Å². The minimum Gasteiger partial charge on any atom is -0.454 e. The van der Waals surface area contributed by atoms with Gasteiger partial charge in [0.05, 0.1) is 18.9 Å². The molecule has 0 amide bonds. The highest BCUT2D eigenvalue weighted by molar-refractivity contribution is 7.10. The van der Waals surface area contributed by atoms with Crippen LogP contribution < -0.4 is 5.73 Å². The molecule has 76 valence electrons. The first-order valence-electron chi connectivity index (χ1n) is 4.19. The van der Waals surface area contributed by atoms with Gasteiger partial charge in [-0.3, -0.25) is 0 Å². The van der Waals surface area contributed by atoms with E-state index in [9.17, 15) is 4.79 Å². The third kappa shape index (κ3) is 1.58. The van der Waals surface area contributed by atoms with E-state index in [1.165, 1.54) is 0 Å². The van der Waals surface area contributed by atoms with E-state index in [2.05, 4.69) is 4.37 Å². The number of esters is 1. The molecule has 14 heavy (non-hydrogen) atoms. The average Bonchev–Trinajstić information content (AvgIpc) is 2.39. The maximum absolute atomic E-state index is 11.6. The smallest absolute Gasteiger partial charge is 0.343 e. The molecule has 6 heteroatoms. The van der Waals surface area contributed by atoms with Gasteiger partial charge in [0.15, 0.2) is 0 Å². The number of hydrogen-bond donors (Lipinski definition) is 1. The van der Waals surface area contributed by atoms with E-state index in [1.807, 2.05) is 0 Å². The minimum atomic E-state index is -0.401. The van der Waals surface area contributed by atoms with Gasteiger partial charge < -0.3 is 15.2 Å². The number of carbonyl (C=O) groups is 1. The lowest BCUT2D eigenvalue weighted by molar-refractivity contribution is -0.103. The molecule has 0 aromatic carbocycles. The number of carbonyl (C=O) groups excluding carboxylic acids is 1. The zero-order valence-electron chi connectivity index (χ0n) is 7.65. The number of rotatable bonds is 2. The summed E-state index contributed by atoms with van der Waals surface area (Å²) in [6.07, 6.45) is -0.124. The minimum absolute atomic E-state index is 0.124. The Morgan fingerprint density at radius 2 is 2.43 bits per heavy atom. The number of nitrogens with two attached hydrogens (primary N) is 1. The Bertz CT molecular complexity index is 340. The molecule has 1 aliphatic heterocycles. The molecule has 1 aromatic heterocycles. The number of aryl methyl sites for hydroxylation is 1. The van der Waals surface area contributed by atoms with Gasteiger partial charge in [-0.2, -0.15) is 4.37 Å². The first-order chi connectivity index (χ1) is 6.68. The molecule has 0 spiro atoms. The van der Waals surface area contributed by atoms with Crippen LogP contribution in [0.15, 0.2) is 0 Å². The maximum atomic E-state index is 11.6. The van der Waals surface area contributed by atoms with Gasteiger partial charge in [0.2, 0.25) is 0 Å². The van der Waals surface area contributed by atoms with Crippen LogP contribution in [-0.2, 0) is 9.47 Å². The van der Waals surface area contributed by atoms with Crippen molar-refractivity contribution in [3.05, 3.63) is 11.3 Å². The molecule has 0 bridgehead atoms. The van der Waals surface area contributed by atoms with Gasteiger partial charge in [-0.1, -0.05) is 0 Å². The van der Waals surface area contributed by atoms with Crippen LogP contribution in [0.4, 0.5) is 5.00 Å². The molecule has 2 heterocycles. The average molecular weight is 214 g/mol. The maximum Gasteiger partial charge on any atom is 0.343 e. The molecule has 1 aromatic rings. The Kier molecular flexibility index (Phi) is 2.39. The van der Waals surface area contributed by atoms with Crippen molar-refractivity contribution in [1.29, 1.82) is 0 Å². The van der Waals surface area contributed by atoms with Gasteiger partial charge in [0.1, 0.15) is 16.7 Å². The molecule has 0 unspecified atom stereocenters. The summed E-state index contributed by atoms with van der Waals surface area (Å²) in [6.45, 7) is 2.69. The summed E-state index contributed by atoms with van der Waals surface area (Å²) in [7, 11) is 0. The van der Waals surface area contributed by atoms with Crippen LogP contribution in [-0.4, -0.2) is 29.7 Å². The van der Waals surface area contributed by atoms with Gasteiger partial charge in [-0.15, -0.1) is 0 Å². The van der Waals surface area contributed by atoms with Crippen molar-refractivity contribution < 1.29 is 14.3 Å². The molecule has 2 N–H and O–H groups in total. The number of aromatic nitrogens is 1. The summed E-state index contributed by atoms with van der Waals surface area (Å²) in [5.74, 6) is -0.401. The summed E-state index contributed by atoms with van der Waals surface area (Å²) in [6, 6.07) is 0. The lowest BCUT2D eigenvalue weighted by Crippen LogP contribution is -2.37. The third-order valence-electron chi connectivity index (χ3n) is 1.97. The van der Waals surface area contributed by atoms with E-state index in [0.717, 1.165) is 11.5 Å². The van der Waals surface area contributed by atoms with Crippen molar-refractivity contribution in [1.82, 2.24) is 4.37 Å². The highest BCUT2D eigenvalue weighted by atomic mass is 32.1. The third-order valence-corrected chi connectivity index (χ3v) is 2.74. The van der Waals surface area contributed by atoms with Crippen LogP contribution in [0.2, 0.25) is 0 Å². The predicted molar refractivity (Wildman–Crippen MR) is 51.3 cm³/mol. The molecule has 1 aliphatic rings. The van der Waals surface area contributed by atoms with Crippen LogP contribution in [0.3, 0.4) is 0 Å². The molecule has 1 saturated heterocycles. The highest BCUT2D eigenvalue weighted by Gasteiger charge is 2.26. The normalized spacial score (nSPS) is 16.4. The Morgan fingerprint density at radius 1 is 1.71 bits per heavy atom. The fraction of sp³-hybridized carbons (Fsp3) is 0.500. The summed E-state index contributed by atoms with van der Waals surface area (Å²) in [5.41, 5.74) is 6.61. The van der Waals surface area contributed by atoms with Crippen LogP contribution in [0.25, 0.3) is 0 Å². The van der Waals surface area contributed by atoms with E-state index < -0.39 is 5.97 Å². The predicted octanol–water partition coefficient (Wildman–Crippen LogP) is 0.589. The van der Waals surface area contributed by atoms with Gasteiger partial charge in [0, 0.05) is 0 Å². The lowest BCUT2D eigenvalue weighted by atomic mass is 10.2. The summed E-state index contributed by atoms with van der Waals surface area (Å²) in [5, 5.41) is 0.410. The van der Waals surface area contributed by atoms with Crippen LogP contribution in [0.5, 0.6) is 0 Å². The summed E-state index contributed by atoms with van der Waals surface area (Å²) in [4.78, 5) is 11.6. The van der Waals surface area contributed by atoms with Gasteiger partial charge >= 0.3 is 5.97 Å². The van der Waals surface area contributed by atoms with E-state index in [4.69, 9.17) is 15.2 Å². The molecule has 0 radical (unpaired) electrons. The quantitative estimate of drug-likeness (QED) is 0.729. The van der Waals surface area contributed by atoms with Crippen molar-refractivity contribution in [2.24, 2.45) is 0 Å². The number of nitrogens with zero attached hydrogens (tertiary/aromatic N) is 1. The Morgan fingerprint density at radius 3 is 2.86 bits per heavy atom. The second kappa shape index (κ2) is 3.55. The number of hydrogen-bond acceptors (Lipinski definition) is 6. The molecule has 2 rings (SSSR count). The van der Waals surface area contributed by atoms with Crippen molar-refractivity contribution in [3.63, 3.8) is 0 Å². The van der Waals surface area contributed by atoms with E-state index in [1.54, 1.807) is 6.92 Å². The van der Waals surface area contributed by atoms with Gasteiger partial charge in [-0.25, -0.2) is 4.79 Å². The number of nitrogen functional groups attached to an aromatic ring is 1. The van der Waals surface area contributed by atoms with Crippen molar-refractivity contribution in [2.75, 3.05) is 18.9 Å². The summed E-state index contributed by atoms with van der Waals surface area (Å²) < 4.78 is 14.0. The molecule has 1 fully saturated rings. The highest BCUT2D eigenvalue weighted by Crippen LogP contribution is 2.22. The molecule has 5 nitrogen and oxygen atoms in total. The number of ether oxygens (including phenoxy) is 2. The molecule has 0 aliphatic carbocycles. The van der Waals surface area contributed by atoms with Crippen LogP contribution in [0, 0.1) is 6.92 Å². The molecule has 0 saturated carbocycles. The fourth-order valence-electron chi connectivity index (χ4n) is 1.13.